The van der Waals surface area contributed by atoms with Crippen LogP contribution in [0.3, 0.4) is 0 Å². The number of carboxylic acids is 2. The van der Waals surface area contributed by atoms with Gasteiger partial charge in [-0.1, -0.05) is 0 Å². The molecule has 0 amide bonds. The van der Waals surface area contributed by atoms with Crippen molar-refractivity contribution in [2.75, 3.05) is 20.3 Å². The third-order valence-corrected chi connectivity index (χ3v) is 5.61. The predicted octanol–water partition coefficient (Wildman–Crippen LogP) is -14.7. The number of aliphatic hydroxyl groups excluding tert-OH is 8. The zero-order chi connectivity index (χ0) is 25.3. The number of aliphatic carboxylic acids is 2. The maximum atomic E-state index is 12.0. The molecule has 18 heteroatoms. The van der Waals surface area contributed by atoms with Crippen molar-refractivity contribution in [3.8, 4) is 0 Å². The number of aliphatic hydroxyl groups is 8. The summed E-state index contributed by atoms with van der Waals surface area (Å²) in [6, 6.07) is 0. The van der Waals surface area contributed by atoms with Gasteiger partial charge in [0.05, 0.1) is 19.3 Å². The van der Waals surface area contributed by atoms with Crippen LogP contribution in [0, 0.1) is 0 Å². The van der Waals surface area contributed by atoms with E-state index < -0.39 is 98.1 Å². The van der Waals surface area contributed by atoms with Crippen molar-refractivity contribution in [1.82, 2.24) is 0 Å². The van der Waals surface area contributed by atoms with Crippen LogP contribution < -0.4 is 69.3 Å². The summed E-state index contributed by atoms with van der Waals surface area (Å²) >= 11 is 0. The summed E-state index contributed by atoms with van der Waals surface area (Å²) in [5, 5.41) is 103. The van der Waals surface area contributed by atoms with Crippen LogP contribution in [-0.4, -0.2) is 140 Å². The minimum atomic E-state index is -3.44. The van der Waals surface area contributed by atoms with Gasteiger partial charge >= 0.3 is 59.1 Å². The van der Waals surface area contributed by atoms with Crippen molar-refractivity contribution in [2.45, 2.75) is 72.9 Å². The number of rotatable bonds is 9. The van der Waals surface area contributed by atoms with Crippen LogP contribution in [0.25, 0.3) is 0 Å². The predicted molar refractivity (Wildman–Crippen MR) is 91.9 cm³/mol. The molecule has 2 saturated heterocycles. The second kappa shape index (κ2) is 14.0. The number of methoxy groups -OCH3 is 1. The summed E-state index contributed by atoms with van der Waals surface area (Å²) in [5.41, 5.74) is 0. The van der Waals surface area contributed by atoms with Crippen molar-refractivity contribution in [2.24, 2.45) is 0 Å². The van der Waals surface area contributed by atoms with Crippen molar-refractivity contribution < 1.29 is 139 Å². The van der Waals surface area contributed by atoms with E-state index in [-0.39, 0.29) is 59.1 Å². The van der Waals surface area contributed by atoms with Crippen LogP contribution >= 0.6 is 0 Å². The molecule has 0 aliphatic carbocycles. The van der Waals surface area contributed by atoms with E-state index in [1.165, 1.54) is 0 Å². The van der Waals surface area contributed by atoms with Crippen molar-refractivity contribution in [3.05, 3.63) is 0 Å². The molecular weight excluding hydrogens is 506 g/mol. The molecule has 16 nitrogen and oxygen atoms in total. The van der Waals surface area contributed by atoms with Crippen molar-refractivity contribution in [3.63, 3.8) is 0 Å². The monoisotopic (exact) mass is 532 g/mol. The van der Waals surface area contributed by atoms with Gasteiger partial charge in [0.15, 0.2) is 0 Å². The normalized spacial score (nSPS) is 41.1. The number of carbonyl (C=O) groups is 2. The summed E-state index contributed by atoms with van der Waals surface area (Å²) in [4.78, 5) is 23.7. The zero-order valence-corrected chi connectivity index (χ0v) is 23.2. The third kappa shape index (κ3) is 6.73. The minimum absolute atomic E-state index is 0. The summed E-state index contributed by atoms with van der Waals surface area (Å²) in [6.07, 6.45) is -20.2. The molecule has 2 aliphatic heterocycles. The molecule has 0 spiro atoms. The molecule has 8 N–H and O–H groups in total. The third-order valence-electron chi connectivity index (χ3n) is 5.61. The van der Waals surface area contributed by atoms with Gasteiger partial charge < -0.3 is 79.6 Å². The topological polar surface area (TPSA) is 279 Å². The standard InChI is InChI=1S/C17H28O16.2Na/c1-30-16(14(26)27)2-7(8(22)11(32-16)5(20)3-18)31-17(15(28)29)13(25)10(24)9(23)12(33-17)6(21)4-19;;/h5-13,18-25H,2-4H2,1H3,(H,26,27)(H,28,29);;/q;2*+1/p-2/t5-,6-,7-,8-,9-,10+,11-,12-,13+,16-,17-;;/m1../s1. The molecule has 0 saturated carbocycles. The average Bonchev–Trinajstić information content (AvgIpc) is 2.79. The first-order valence-corrected chi connectivity index (χ1v) is 9.63. The fraction of sp³-hybridized carbons (Fsp3) is 0.882. The molecule has 2 rings (SSSR count). The Labute approximate surface area is 242 Å². The Hall–Kier alpha value is 0.460. The molecule has 35 heavy (non-hydrogen) atoms. The van der Waals surface area contributed by atoms with Gasteiger partial charge in [0.2, 0.25) is 11.6 Å². The van der Waals surface area contributed by atoms with E-state index in [0.717, 1.165) is 7.11 Å². The van der Waals surface area contributed by atoms with Crippen LogP contribution in [0.1, 0.15) is 6.42 Å². The summed E-state index contributed by atoms with van der Waals surface area (Å²) in [7, 11) is 0.834. The Kier molecular flexibility index (Phi) is 14.2. The van der Waals surface area contributed by atoms with E-state index in [9.17, 15) is 55.5 Å². The van der Waals surface area contributed by atoms with Gasteiger partial charge in [0.1, 0.15) is 60.8 Å². The zero-order valence-electron chi connectivity index (χ0n) is 19.2. The van der Waals surface area contributed by atoms with E-state index >= 15 is 0 Å². The van der Waals surface area contributed by atoms with E-state index in [1.807, 2.05) is 0 Å². The second-order valence-corrected chi connectivity index (χ2v) is 7.64. The molecule has 0 aromatic heterocycles. The Balaban J connectivity index is 0.00000578. The smallest absolute Gasteiger partial charge is 0.544 e. The van der Waals surface area contributed by atoms with E-state index in [2.05, 4.69) is 0 Å². The molecule has 2 aliphatic rings. The summed E-state index contributed by atoms with van der Waals surface area (Å²) in [5.74, 6) is -10.6. The SMILES string of the molecule is CO[C@]1(C(=O)[O-])C[C@@H](O[C@@]2(C(=O)[O-])O[C@H]([C@H](O)CO)[C@H](O)[C@H](O)[C@@H]2O)[C@@H](O)[C@@H]([C@H](O)CO)O1.[Na+].[Na+]. The number of hydrogen-bond acceptors (Lipinski definition) is 16. The van der Waals surface area contributed by atoms with Gasteiger partial charge in [0, 0.05) is 13.5 Å². The quantitative estimate of drug-likeness (QED) is 0.128. The van der Waals surface area contributed by atoms with Crippen LogP contribution in [-0.2, 0) is 28.5 Å². The van der Waals surface area contributed by atoms with Crippen LogP contribution in [0.15, 0.2) is 0 Å². The summed E-state index contributed by atoms with van der Waals surface area (Å²) < 4.78 is 20.0. The van der Waals surface area contributed by atoms with Gasteiger partial charge in [-0.15, -0.1) is 0 Å². The van der Waals surface area contributed by atoms with Crippen molar-refractivity contribution in [1.29, 1.82) is 0 Å². The first-order valence-electron chi connectivity index (χ1n) is 9.63. The largest absolute Gasteiger partial charge is 1.00 e. The fourth-order valence-electron chi connectivity index (χ4n) is 3.70. The first kappa shape index (κ1) is 35.5. The molecule has 2 heterocycles. The average molecular weight is 532 g/mol. The van der Waals surface area contributed by atoms with Crippen LogP contribution in [0.4, 0.5) is 0 Å². The van der Waals surface area contributed by atoms with E-state index in [1.54, 1.807) is 0 Å². The maximum Gasteiger partial charge on any atom is 1.00 e. The molecule has 0 radical (unpaired) electrons. The fourth-order valence-corrected chi connectivity index (χ4v) is 3.70. The van der Waals surface area contributed by atoms with Crippen LogP contribution in [0.2, 0.25) is 0 Å². The Morgan fingerprint density at radius 1 is 0.914 bits per heavy atom. The molecule has 0 bridgehead atoms. The Morgan fingerprint density at radius 3 is 1.80 bits per heavy atom. The number of carboxylic acid groups (broad SMARTS) is 2. The van der Waals surface area contributed by atoms with Crippen molar-refractivity contribution >= 4 is 11.9 Å². The molecule has 11 atom stereocenters. The van der Waals surface area contributed by atoms with Crippen LogP contribution in [0.5, 0.6) is 0 Å². The molecule has 0 aromatic rings. The second-order valence-electron chi connectivity index (χ2n) is 7.64. The Morgan fingerprint density at radius 2 is 1.40 bits per heavy atom. The van der Waals surface area contributed by atoms with E-state index in [0.29, 0.717) is 0 Å². The number of ether oxygens (including phenoxy) is 4. The molecule has 0 unspecified atom stereocenters. The van der Waals surface area contributed by atoms with Gasteiger partial charge in [-0.2, -0.15) is 0 Å². The summed E-state index contributed by atoms with van der Waals surface area (Å²) in [6.45, 7) is -2.14. The van der Waals surface area contributed by atoms with Gasteiger partial charge in [-0.3, -0.25) is 0 Å². The number of carbonyl (C=O) groups excluding carboxylic acids is 2. The molecule has 192 valence electrons. The Bertz CT molecular complexity index is 716. The minimum Gasteiger partial charge on any atom is -0.544 e. The maximum absolute atomic E-state index is 12.0. The van der Waals surface area contributed by atoms with E-state index in [4.69, 9.17) is 24.1 Å². The number of hydrogen-bond donors (Lipinski definition) is 8. The van der Waals surface area contributed by atoms with Gasteiger partial charge in [-0.25, -0.2) is 0 Å². The molecule has 2 fully saturated rings. The first-order chi connectivity index (χ1) is 15.3. The van der Waals surface area contributed by atoms with Gasteiger partial charge in [-0.05, 0) is 0 Å². The van der Waals surface area contributed by atoms with Gasteiger partial charge in [0.25, 0.3) is 0 Å². The molecular formula is C17H26Na2O16. The molecule has 0 aromatic carbocycles.